The number of nitrogens with one attached hydrogen (secondary N) is 1. The molecule has 0 heterocycles. The Hall–Kier alpha value is -1.80. The summed E-state index contributed by atoms with van der Waals surface area (Å²) < 4.78 is 0. The van der Waals surface area contributed by atoms with Crippen LogP contribution in [0, 0.1) is 6.92 Å². The van der Waals surface area contributed by atoms with Crippen LogP contribution in [0.4, 0.5) is 5.69 Å². The van der Waals surface area contributed by atoms with Gasteiger partial charge in [0.2, 0.25) is 0 Å². The molecule has 19 heavy (non-hydrogen) atoms. The average molecular weight is 274 g/mol. The van der Waals surface area contributed by atoms with E-state index in [1.165, 1.54) is 0 Å². The molecule has 3 heteroatoms. The summed E-state index contributed by atoms with van der Waals surface area (Å²) in [5.41, 5.74) is 3.39. The Morgan fingerprint density at radius 3 is 2.58 bits per heavy atom. The molecule has 1 amide bonds. The summed E-state index contributed by atoms with van der Waals surface area (Å²) in [6, 6.07) is 15.1. The molecule has 0 saturated carbocycles. The number of aryl methyl sites for hydroxylation is 1. The van der Waals surface area contributed by atoms with E-state index in [-0.39, 0.29) is 11.3 Å². The lowest BCUT2D eigenvalue weighted by Crippen LogP contribution is -2.13. The predicted octanol–water partition coefficient (Wildman–Crippen LogP) is 4.55. The van der Waals surface area contributed by atoms with E-state index < -0.39 is 0 Å². The molecular weight excluding hydrogens is 258 g/mol. The fourth-order valence-corrected chi connectivity index (χ4v) is 2.13. The highest BCUT2D eigenvalue weighted by Gasteiger charge is 2.11. The van der Waals surface area contributed by atoms with Crippen molar-refractivity contribution in [3.05, 3.63) is 65.2 Å². The fourth-order valence-electron chi connectivity index (χ4n) is 1.94. The Morgan fingerprint density at radius 1 is 1.16 bits per heavy atom. The maximum atomic E-state index is 12.2. The normalized spacial score (nSPS) is 11.9. The van der Waals surface area contributed by atoms with E-state index in [0.29, 0.717) is 5.56 Å². The van der Waals surface area contributed by atoms with Crippen molar-refractivity contribution in [2.24, 2.45) is 0 Å². The molecule has 2 nitrogen and oxygen atoms in total. The minimum absolute atomic E-state index is 0.117. The van der Waals surface area contributed by atoms with Crippen molar-refractivity contribution in [3.63, 3.8) is 0 Å². The van der Waals surface area contributed by atoms with Crippen molar-refractivity contribution < 1.29 is 4.79 Å². The van der Waals surface area contributed by atoms with E-state index >= 15 is 0 Å². The van der Waals surface area contributed by atoms with Gasteiger partial charge >= 0.3 is 0 Å². The summed E-state index contributed by atoms with van der Waals surface area (Å²) >= 11 is 6.11. The third-order valence-electron chi connectivity index (χ3n) is 2.92. The number of alkyl halides is 1. The molecule has 0 radical (unpaired) electrons. The van der Waals surface area contributed by atoms with Crippen molar-refractivity contribution in [2.75, 3.05) is 5.32 Å². The zero-order valence-electron chi connectivity index (χ0n) is 11.0. The largest absolute Gasteiger partial charge is 0.322 e. The SMILES string of the molecule is Cc1cccc(C(=O)Nc2ccccc2C(C)Cl)c1. The molecule has 2 rings (SSSR count). The van der Waals surface area contributed by atoms with Crippen LogP contribution in [0.1, 0.15) is 33.8 Å². The lowest BCUT2D eigenvalue weighted by Gasteiger charge is -2.12. The highest BCUT2D eigenvalue weighted by molar-refractivity contribution is 6.21. The number of carbonyl (C=O) groups excluding carboxylic acids is 1. The molecule has 0 aliphatic heterocycles. The highest BCUT2D eigenvalue weighted by Crippen LogP contribution is 2.27. The molecule has 0 aromatic heterocycles. The standard InChI is InChI=1S/C16H16ClNO/c1-11-6-5-7-13(10-11)16(19)18-15-9-4-3-8-14(15)12(2)17/h3-10,12H,1-2H3,(H,18,19). The summed E-state index contributed by atoms with van der Waals surface area (Å²) in [6.07, 6.45) is 0. The van der Waals surface area contributed by atoms with Gasteiger partial charge in [0.25, 0.3) is 5.91 Å². The van der Waals surface area contributed by atoms with Crippen LogP contribution < -0.4 is 5.32 Å². The Labute approximate surface area is 118 Å². The molecule has 0 aliphatic carbocycles. The number of anilines is 1. The van der Waals surface area contributed by atoms with Gasteiger partial charge < -0.3 is 5.32 Å². The van der Waals surface area contributed by atoms with Gasteiger partial charge in [0.1, 0.15) is 0 Å². The molecule has 2 aromatic rings. The van der Waals surface area contributed by atoms with Crippen molar-refractivity contribution in [1.29, 1.82) is 0 Å². The van der Waals surface area contributed by atoms with E-state index in [9.17, 15) is 4.79 Å². The Morgan fingerprint density at radius 2 is 1.89 bits per heavy atom. The summed E-state index contributed by atoms with van der Waals surface area (Å²) in [4.78, 5) is 12.2. The summed E-state index contributed by atoms with van der Waals surface area (Å²) in [5.74, 6) is -0.117. The third-order valence-corrected chi connectivity index (χ3v) is 3.15. The van der Waals surface area contributed by atoms with Gasteiger partial charge in [-0.3, -0.25) is 4.79 Å². The highest BCUT2D eigenvalue weighted by atomic mass is 35.5. The Kier molecular flexibility index (Phi) is 4.23. The van der Waals surface area contributed by atoms with Crippen LogP contribution in [0.25, 0.3) is 0 Å². The molecule has 0 aliphatic rings. The second-order valence-electron chi connectivity index (χ2n) is 4.53. The number of rotatable bonds is 3. The predicted molar refractivity (Wildman–Crippen MR) is 79.8 cm³/mol. The van der Waals surface area contributed by atoms with E-state index in [1.807, 2.05) is 56.3 Å². The maximum Gasteiger partial charge on any atom is 0.255 e. The van der Waals surface area contributed by atoms with Crippen LogP contribution in [-0.4, -0.2) is 5.91 Å². The molecule has 0 saturated heterocycles. The molecule has 0 fully saturated rings. The zero-order valence-corrected chi connectivity index (χ0v) is 11.7. The van der Waals surface area contributed by atoms with Crippen LogP contribution in [0.15, 0.2) is 48.5 Å². The first-order chi connectivity index (χ1) is 9.08. The second-order valence-corrected chi connectivity index (χ2v) is 5.18. The first-order valence-electron chi connectivity index (χ1n) is 6.19. The van der Waals surface area contributed by atoms with Crippen molar-refractivity contribution in [1.82, 2.24) is 0 Å². The van der Waals surface area contributed by atoms with E-state index in [0.717, 1.165) is 16.8 Å². The van der Waals surface area contributed by atoms with Crippen LogP contribution in [-0.2, 0) is 0 Å². The Bertz CT molecular complexity index is 593. The lowest BCUT2D eigenvalue weighted by molar-refractivity contribution is 0.102. The number of carbonyl (C=O) groups is 1. The van der Waals surface area contributed by atoms with Gasteiger partial charge in [0.15, 0.2) is 0 Å². The fraction of sp³-hybridized carbons (Fsp3) is 0.188. The van der Waals surface area contributed by atoms with Crippen LogP contribution in [0.2, 0.25) is 0 Å². The molecule has 1 N–H and O–H groups in total. The van der Waals surface area contributed by atoms with Crippen LogP contribution >= 0.6 is 11.6 Å². The number of benzene rings is 2. The van der Waals surface area contributed by atoms with E-state index in [4.69, 9.17) is 11.6 Å². The zero-order chi connectivity index (χ0) is 13.8. The first-order valence-corrected chi connectivity index (χ1v) is 6.62. The topological polar surface area (TPSA) is 29.1 Å². The van der Waals surface area contributed by atoms with Gasteiger partial charge in [0, 0.05) is 11.3 Å². The van der Waals surface area contributed by atoms with E-state index in [1.54, 1.807) is 6.07 Å². The number of halogens is 1. The van der Waals surface area contributed by atoms with Crippen LogP contribution in [0.5, 0.6) is 0 Å². The van der Waals surface area contributed by atoms with Gasteiger partial charge in [-0.25, -0.2) is 0 Å². The number of amides is 1. The molecular formula is C16H16ClNO. The van der Waals surface area contributed by atoms with Gasteiger partial charge in [-0.05, 0) is 37.6 Å². The number of para-hydroxylation sites is 1. The third kappa shape index (κ3) is 3.36. The molecule has 0 spiro atoms. The number of hydrogen-bond acceptors (Lipinski definition) is 1. The Balaban J connectivity index is 2.24. The molecule has 1 unspecified atom stereocenters. The maximum absolute atomic E-state index is 12.2. The van der Waals surface area contributed by atoms with Crippen molar-refractivity contribution in [3.8, 4) is 0 Å². The van der Waals surface area contributed by atoms with Crippen molar-refractivity contribution >= 4 is 23.2 Å². The van der Waals surface area contributed by atoms with E-state index in [2.05, 4.69) is 5.32 Å². The molecule has 2 aromatic carbocycles. The van der Waals surface area contributed by atoms with Crippen molar-refractivity contribution in [2.45, 2.75) is 19.2 Å². The number of hydrogen-bond donors (Lipinski definition) is 1. The second kappa shape index (κ2) is 5.89. The smallest absolute Gasteiger partial charge is 0.255 e. The van der Waals surface area contributed by atoms with Gasteiger partial charge in [-0.1, -0.05) is 35.9 Å². The molecule has 98 valence electrons. The molecule has 1 atom stereocenters. The average Bonchev–Trinajstić information content (AvgIpc) is 2.39. The quantitative estimate of drug-likeness (QED) is 0.817. The lowest BCUT2D eigenvalue weighted by atomic mass is 10.1. The minimum atomic E-state index is -0.144. The molecule has 0 bridgehead atoms. The van der Waals surface area contributed by atoms with Crippen LogP contribution in [0.3, 0.4) is 0 Å². The summed E-state index contributed by atoms with van der Waals surface area (Å²) in [5, 5.41) is 2.77. The summed E-state index contributed by atoms with van der Waals surface area (Å²) in [6.45, 7) is 3.85. The van der Waals surface area contributed by atoms with Gasteiger partial charge in [0.05, 0.1) is 5.38 Å². The van der Waals surface area contributed by atoms with Gasteiger partial charge in [-0.2, -0.15) is 0 Å². The monoisotopic (exact) mass is 273 g/mol. The minimum Gasteiger partial charge on any atom is -0.322 e. The van der Waals surface area contributed by atoms with Gasteiger partial charge in [-0.15, -0.1) is 11.6 Å². The first kappa shape index (κ1) is 13.6. The summed E-state index contributed by atoms with van der Waals surface area (Å²) in [7, 11) is 0.